The predicted molar refractivity (Wildman–Crippen MR) is 114 cm³/mol. The van der Waals surface area contributed by atoms with Crippen LogP contribution in [0.4, 0.5) is 15.0 Å². The number of nitrogens with two attached hydrogens (primary N) is 2. The van der Waals surface area contributed by atoms with E-state index < -0.39 is 33.1 Å². The van der Waals surface area contributed by atoms with E-state index in [1.54, 1.807) is 24.3 Å². The largest absolute Gasteiger partial charge is 0.448 e. The molecule has 0 saturated heterocycles. The van der Waals surface area contributed by atoms with Crippen molar-refractivity contribution in [1.29, 1.82) is 0 Å². The van der Waals surface area contributed by atoms with Gasteiger partial charge in [0.15, 0.2) is 9.84 Å². The number of benzene rings is 2. The van der Waals surface area contributed by atoms with Crippen LogP contribution in [0.1, 0.15) is 13.8 Å². The van der Waals surface area contributed by atoms with Crippen molar-refractivity contribution in [3.8, 4) is 22.4 Å². The Morgan fingerprint density at radius 1 is 1.10 bits per heavy atom. The minimum absolute atomic E-state index is 0.0208. The molecule has 0 spiro atoms. The average Bonchev–Trinajstić information content (AvgIpc) is 2.73. The van der Waals surface area contributed by atoms with Crippen LogP contribution in [0.5, 0.6) is 0 Å². The SMILES string of the molecule is CC(C)(COC(N)=O)S(=O)(=O)c1ccccc1-c1ccc(-c2cnc(N)cn2)c(F)c1. The zero-order chi connectivity index (χ0) is 22.8. The summed E-state index contributed by atoms with van der Waals surface area (Å²) in [4.78, 5) is 18.9. The molecule has 3 aromatic rings. The third-order valence-electron chi connectivity index (χ3n) is 4.69. The number of amides is 1. The molecule has 0 saturated carbocycles. The zero-order valence-corrected chi connectivity index (χ0v) is 17.7. The molecule has 1 heterocycles. The normalized spacial score (nSPS) is 11.8. The first kappa shape index (κ1) is 22.2. The maximum Gasteiger partial charge on any atom is 0.404 e. The summed E-state index contributed by atoms with van der Waals surface area (Å²) in [6.07, 6.45) is 1.61. The number of anilines is 1. The van der Waals surface area contributed by atoms with Crippen LogP contribution in [0.2, 0.25) is 0 Å². The van der Waals surface area contributed by atoms with Gasteiger partial charge in [-0.3, -0.25) is 4.98 Å². The van der Waals surface area contributed by atoms with E-state index in [2.05, 4.69) is 9.97 Å². The van der Waals surface area contributed by atoms with E-state index in [9.17, 15) is 17.6 Å². The van der Waals surface area contributed by atoms with Gasteiger partial charge in [-0.15, -0.1) is 0 Å². The number of nitrogen functional groups attached to an aromatic ring is 1. The highest BCUT2D eigenvalue weighted by molar-refractivity contribution is 7.93. The summed E-state index contributed by atoms with van der Waals surface area (Å²) in [5, 5.41) is 0. The van der Waals surface area contributed by atoms with Crippen molar-refractivity contribution in [2.75, 3.05) is 12.3 Å². The second kappa shape index (κ2) is 8.31. The number of carbonyl (C=O) groups is 1. The number of aromatic nitrogens is 2. The summed E-state index contributed by atoms with van der Waals surface area (Å²) in [6.45, 7) is 2.42. The highest BCUT2D eigenvalue weighted by Crippen LogP contribution is 2.35. The summed E-state index contributed by atoms with van der Waals surface area (Å²) in [5.74, 6) is -0.386. The molecule has 0 unspecified atom stereocenters. The molecule has 1 aromatic heterocycles. The van der Waals surface area contributed by atoms with Crippen LogP contribution in [-0.2, 0) is 14.6 Å². The number of ether oxygens (including phenoxy) is 1. The fourth-order valence-corrected chi connectivity index (χ4v) is 4.47. The van der Waals surface area contributed by atoms with Crippen molar-refractivity contribution in [1.82, 2.24) is 9.97 Å². The molecule has 1 amide bonds. The van der Waals surface area contributed by atoms with E-state index in [4.69, 9.17) is 16.2 Å². The third kappa shape index (κ3) is 4.48. The molecule has 2 aromatic carbocycles. The molecule has 0 atom stereocenters. The van der Waals surface area contributed by atoms with Gasteiger partial charge in [0.05, 0.1) is 23.0 Å². The van der Waals surface area contributed by atoms with Crippen molar-refractivity contribution in [3.63, 3.8) is 0 Å². The highest BCUT2D eigenvalue weighted by atomic mass is 32.2. The molecule has 8 nitrogen and oxygen atoms in total. The first-order chi connectivity index (χ1) is 14.5. The molecule has 0 aliphatic carbocycles. The van der Waals surface area contributed by atoms with Crippen molar-refractivity contribution in [2.45, 2.75) is 23.5 Å². The Bertz CT molecular complexity index is 1230. The third-order valence-corrected chi connectivity index (χ3v) is 7.20. The molecule has 4 N–H and O–H groups in total. The predicted octanol–water partition coefficient (Wildman–Crippen LogP) is 3.18. The number of sulfone groups is 1. The lowest BCUT2D eigenvalue weighted by Gasteiger charge is -2.25. The maximum atomic E-state index is 14.9. The van der Waals surface area contributed by atoms with Gasteiger partial charge in [0.2, 0.25) is 0 Å². The Morgan fingerprint density at radius 3 is 2.42 bits per heavy atom. The Hall–Kier alpha value is -3.53. The quantitative estimate of drug-likeness (QED) is 0.595. The van der Waals surface area contributed by atoms with E-state index in [1.165, 1.54) is 44.4 Å². The summed E-state index contributed by atoms with van der Waals surface area (Å²) in [5.41, 5.74) is 11.7. The number of halogens is 1. The van der Waals surface area contributed by atoms with E-state index in [0.717, 1.165) is 0 Å². The molecule has 0 fully saturated rings. The molecule has 0 radical (unpaired) electrons. The second-order valence-electron chi connectivity index (χ2n) is 7.39. The monoisotopic (exact) mass is 444 g/mol. The van der Waals surface area contributed by atoms with Crippen LogP contribution in [-0.4, -0.2) is 35.8 Å². The number of nitrogens with zero attached hydrogens (tertiary/aromatic N) is 2. The minimum Gasteiger partial charge on any atom is -0.448 e. The van der Waals surface area contributed by atoms with Crippen molar-refractivity contribution >= 4 is 21.7 Å². The molecule has 10 heteroatoms. The molecule has 0 aliphatic heterocycles. The van der Waals surface area contributed by atoms with Crippen LogP contribution >= 0.6 is 0 Å². The first-order valence-corrected chi connectivity index (χ1v) is 10.6. The van der Waals surface area contributed by atoms with Gasteiger partial charge in [-0.05, 0) is 37.6 Å². The standard InChI is InChI=1S/C21H21FN4O4S/c1-21(2,12-30-20(24)27)31(28,29)18-6-4-3-5-14(18)13-7-8-15(16(22)9-13)17-10-26-19(23)11-25-17/h3-11H,12H2,1-2H3,(H2,23,26)(H2,24,27). The van der Waals surface area contributed by atoms with Gasteiger partial charge in [-0.1, -0.05) is 24.3 Å². The number of carbonyl (C=O) groups excluding carboxylic acids is 1. The zero-order valence-electron chi connectivity index (χ0n) is 16.9. The number of primary amides is 1. The van der Waals surface area contributed by atoms with E-state index in [1.807, 2.05) is 0 Å². The smallest absolute Gasteiger partial charge is 0.404 e. The van der Waals surface area contributed by atoms with Gasteiger partial charge in [-0.2, -0.15) is 0 Å². The Morgan fingerprint density at radius 2 is 1.81 bits per heavy atom. The fourth-order valence-electron chi connectivity index (χ4n) is 2.93. The van der Waals surface area contributed by atoms with Gasteiger partial charge in [-0.25, -0.2) is 22.6 Å². The topological polar surface area (TPSA) is 138 Å². The molecule has 0 bridgehead atoms. The second-order valence-corrected chi connectivity index (χ2v) is 9.94. The Kier molecular flexibility index (Phi) is 5.94. The maximum absolute atomic E-state index is 14.9. The molecule has 3 rings (SSSR count). The summed E-state index contributed by atoms with van der Waals surface area (Å²) in [7, 11) is -3.98. The van der Waals surface area contributed by atoms with Crippen molar-refractivity contribution in [3.05, 3.63) is 60.7 Å². The summed E-state index contributed by atoms with van der Waals surface area (Å²) in [6, 6.07) is 10.5. The van der Waals surface area contributed by atoms with Gasteiger partial charge < -0.3 is 16.2 Å². The Balaban J connectivity index is 2.05. The van der Waals surface area contributed by atoms with Crippen LogP contribution < -0.4 is 11.5 Å². The first-order valence-electron chi connectivity index (χ1n) is 9.16. The van der Waals surface area contributed by atoms with Crippen LogP contribution in [0.3, 0.4) is 0 Å². The summed E-state index contributed by atoms with van der Waals surface area (Å²) < 4.78 is 44.8. The van der Waals surface area contributed by atoms with Gasteiger partial charge in [0, 0.05) is 11.1 Å². The lowest BCUT2D eigenvalue weighted by Crippen LogP contribution is -2.38. The van der Waals surface area contributed by atoms with E-state index in [0.29, 0.717) is 16.8 Å². The average molecular weight is 444 g/mol. The lowest BCUT2D eigenvalue weighted by molar-refractivity contribution is 0.147. The van der Waals surface area contributed by atoms with Crippen molar-refractivity contribution < 1.29 is 22.3 Å². The van der Waals surface area contributed by atoms with Crippen LogP contribution in [0, 0.1) is 5.82 Å². The van der Waals surface area contributed by atoms with Gasteiger partial charge in [0.1, 0.15) is 23.0 Å². The lowest BCUT2D eigenvalue weighted by atomic mass is 10.0. The molecular formula is C21H21FN4O4S. The van der Waals surface area contributed by atoms with E-state index in [-0.39, 0.29) is 16.3 Å². The Labute approximate surface area is 179 Å². The van der Waals surface area contributed by atoms with Crippen LogP contribution in [0.15, 0.2) is 59.8 Å². The number of hydrogen-bond donors (Lipinski definition) is 2. The number of hydrogen-bond acceptors (Lipinski definition) is 7. The summed E-state index contributed by atoms with van der Waals surface area (Å²) >= 11 is 0. The molecule has 162 valence electrons. The number of rotatable bonds is 6. The van der Waals surface area contributed by atoms with Crippen LogP contribution in [0.25, 0.3) is 22.4 Å². The van der Waals surface area contributed by atoms with E-state index >= 15 is 0 Å². The molecular weight excluding hydrogens is 423 g/mol. The van der Waals surface area contributed by atoms with Crippen molar-refractivity contribution in [2.24, 2.45) is 5.73 Å². The highest BCUT2D eigenvalue weighted by Gasteiger charge is 2.38. The molecule has 31 heavy (non-hydrogen) atoms. The van der Waals surface area contributed by atoms with Gasteiger partial charge in [0.25, 0.3) is 0 Å². The molecule has 0 aliphatic rings. The van der Waals surface area contributed by atoms with Gasteiger partial charge >= 0.3 is 6.09 Å². The fraction of sp³-hybridized carbons (Fsp3) is 0.190. The minimum atomic E-state index is -3.98.